The summed E-state index contributed by atoms with van der Waals surface area (Å²) >= 11 is 0. The van der Waals surface area contributed by atoms with Gasteiger partial charge in [0.25, 0.3) is 5.91 Å². The maximum Gasteiger partial charge on any atom is 0.257 e. The largest absolute Gasteiger partial charge is 0.480 e. The average molecular weight is 464 g/mol. The molecule has 1 saturated heterocycles. The van der Waals surface area contributed by atoms with Crippen LogP contribution >= 0.6 is 0 Å². The van der Waals surface area contributed by atoms with Gasteiger partial charge in [-0.15, -0.1) is 10.2 Å². The highest BCUT2D eigenvalue weighted by Crippen LogP contribution is 2.32. The van der Waals surface area contributed by atoms with Crippen LogP contribution in [0.15, 0.2) is 36.7 Å². The molecule has 0 spiro atoms. The monoisotopic (exact) mass is 463 g/mol. The Morgan fingerprint density at radius 1 is 1.18 bits per heavy atom. The molecule has 1 aromatic carbocycles. The second-order valence-corrected chi connectivity index (χ2v) is 8.80. The highest BCUT2D eigenvalue weighted by Gasteiger charge is 2.25. The van der Waals surface area contributed by atoms with Crippen LogP contribution in [0.1, 0.15) is 29.9 Å². The number of fused-ring (bicyclic) bond motifs is 2. The molecule has 0 saturated carbocycles. The number of anilines is 2. The van der Waals surface area contributed by atoms with Gasteiger partial charge in [-0.3, -0.25) is 4.79 Å². The maximum atomic E-state index is 14.5. The molecule has 0 unspecified atom stereocenters. The van der Waals surface area contributed by atoms with Crippen LogP contribution in [0, 0.1) is 12.7 Å². The smallest absolute Gasteiger partial charge is 0.257 e. The van der Waals surface area contributed by atoms with E-state index < -0.39 is 11.7 Å². The van der Waals surface area contributed by atoms with E-state index in [1.54, 1.807) is 35.9 Å². The predicted molar refractivity (Wildman–Crippen MR) is 128 cm³/mol. The second kappa shape index (κ2) is 8.53. The molecule has 4 aromatic rings. The number of amides is 1. The van der Waals surface area contributed by atoms with Crippen LogP contribution in [0.4, 0.5) is 15.8 Å². The molecule has 0 aliphatic carbocycles. The SMILES string of the molecule is COc1cc2c(N3C[C@@H](C)N[C@@H](C)C3)ccc(C(=O)Nc3cc(F)c4nc(C)cn4c3)c2nn1. The molecule has 176 valence electrons. The molecular formula is C24H26FN7O2. The summed E-state index contributed by atoms with van der Waals surface area (Å²) in [6.45, 7) is 7.71. The normalized spacial score (nSPS) is 18.4. The molecule has 1 amide bonds. The van der Waals surface area contributed by atoms with E-state index in [4.69, 9.17) is 4.74 Å². The van der Waals surface area contributed by atoms with Gasteiger partial charge in [0.1, 0.15) is 5.52 Å². The number of ether oxygens (including phenoxy) is 1. The van der Waals surface area contributed by atoms with E-state index in [1.165, 1.54) is 13.2 Å². The lowest BCUT2D eigenvalue weighted by Gasteiger charge is -2.38. The summed E-state index contributed by atoms with van der Waals surface area (Å²) in [4.78, 5) is 19.7. The Balaban J connectivity index is 1.54. The molecule has 2 N–H and O–H groups in total. The Labute approximate surface area is 195 Å². The van der Waals surface area contributed by atoms with Crippen LogP contribution in [-0.4, -0.2) is 57.8 Å². The van der Waals surface area contributed by atoms with Gasteiger partial charge in [-0.25, -0.2) is 9.37 Å². The zero-order valence-electron chi connectivity index (χ0n) is 19.5. The molecule has 10 heteroatoms. The number of rotatable bonds is 4. The number of pyridine rings is 1. The molecule has 9 nitrogen and oxygen atoms in total. The Kier molecular flexibility index (Phi) is 5.52. The molecule has 1 aliphatic rings. The van der Waals surface area contributed by atoms with Crippen molar-refractivity contribution in [2.75, 3.05) is 30.4 Å². The third-order valence-electron chi connectivity index (χ3n) is 5.95. The van der Waals surface area contributed by atoms with Gasteiger partial charge < -0.3 is 24.7 Å². The molecule has 0 bridgehead atoms. The third kappa shape index (κ3) is 4.01. The lowest BCUT2D eigenvalue weighted by molar-refractivity contribution is 0.102. The Morgan fingerprint density at radius 3 is 2.68 bits per heavy atom. The summed E-state index contributed by atoms with van der Waals surface area (Å²) in [5.74, 6) is -0.559. The number of nitrogens with zero attached hydrogens (tertiary/aromatic N) is 5. The zero-order valence-corrected chi connectivity index (χ0v) is 19.5. The number of aromatic nitrogens is 4. The van der Waals surface area contributed by atoms with E-state index in [2.05, 4.69) is 44.6 Å². The maximum absolute atomic E-state index is 14.5. The highest BCUT2D eigenvalue weighted by molar-refractivity contribution is 6.14. The number of nitrogens with one attached hydrogen (secondary N) is 2. The molecule has 1 aliphatic heterocycles. The molecule has 0 radical (unpaired) electrons. The van der Waals surface area contributed by atoms with Crippen molar-refractivity contribution < 1.29 is 13.9 Å². The number of hydrogen-bond acceptors (Lipinski definition) is 7. The van der Waals surface area contributed by atoms with E-state index in [0.717, 1.165) is 24.2 Å². The summed E-state index contributed by atoms with van der Waals surface area (Å²) in [5.41, 5.74) is 2.96. The van der Waals surface area contributed by atoms with Gasteiger partial charge in [0, 0.05) is 60.8 Å². The molecule has 4 heterocycles. The first-order valence-corrected chi connectivity index (χ1v) is 11.1. The van der Waals surface area contributed by atoms with Crippen LogP contribution in [0.3, 0.4) is 0 Å². The van der Waals surface area contributed by atoms with E-state index in [0.29, 0.717) is 40.4 Å². The first kappa shape index (κ1) is 22.0. The van der Waals surface area contributed by atoms with Crippen LogP contribution in [0.2, 0.25) is 0 Å². The van der Waals surface area contributed by atoms with E-state index in [-0.39, 0.29) is 5.65 Å². The summed E-state index contributed by atoms with van der Waals surface area (Å²) in [6, 6.07) is 7.35. The summed E-state index contributed by atoms with van der Waals surface area (Å²) in [5, 5.41) is 15.5. The summed E-state index contributed by atoms with van der Waals surface area (Å²) < 4.78 is 21.3. The Morgan fingerprint density at radius 2 is 1.94 bits per heavy atom. The molecule has 2 atom stereocenters. The topological polar surface area (TPSA) is 96.7 Å². The lowest BCUT2D eigenvalue weighted by Crippen LogP contribution is -2.54. The number of methoxy groups -OCH3 is 1. The third-order valence-corrected chi connectivity index (χ3v) is 5.95. The fourth-order valence-corrected chi connectivity index (χ4v) is 4.63. The number of hydrogen-bond donors (Lipinski definition) is 2. The van der Waals surface area contributed by atoms with Gasteiger partial charge in [-0.05, 0) is 32.9 Å². The molecule has 34 heavy (non-hydrogen) atoms. The van der Waals surface area contributed by atoms with Crippen LogP contribution < -0.4 is 20.3 Å². The highest BCUT2D eigenvalue weighted by atomic mass is 19.1. The van der Waals surface area contributed by atoms with Crippen molar-refractivity contribution in [1.29, 1.82) is 0 Å². The van der Waals surface area contributed by atoms with E-state index in [1.807, 2.05) is 6.07 Å². The van der Waals surface area contributed by atoms with Crippen LogP contribution in [0.5, 0.6) is 5.88 Å². The number of imidazole rings is 1. The standard InChI is InChI=1S/C24H26FN7O2/c1-13-9-31(10-14(2)26-13)20-6-5-17(22-18(20)8-21(34-4)29-30-22)24(33)28-16-7-19(25)23-27-15(3)11-32(23)12-16/h5-8,11-14,26H,9-10H2,1-4H3,(H,28,33)/t13-,14+. The van der Waals surface area contributed by atoms with Gasteiger partial charge in [0.05, 0.1) is 24.1 Å². The number of carbonyl (C=O) groups excluding carboxylic acids is 1. The summed E-state index contributed by atoms with van der Waals surface area (Å²) in [7, 11) is 1.53. The van der Waals surface area contributed by atoms with Crippen molar-refractivity contribution in [3.05, 3.63) is 53.7 Å². The van der Waals surface area contributed by atoms with E-state index in [9.17, 15) is 9.18 Å². The van der Waals surface area contributed by atoms with Crippen molar-refractivity contribution in [3.63, 3.8) is 0 Å². The first-order chi connectivity index (χ1) is 16.3. The fraction of sp³-hybridized carbons (Fsp3) is 0.333. The van der Waals surface area contributed by atoms with Gasteiger partial charge >= 0.3 is 0 Å². The number of carbonyl (C=O) groups is 1. The summed E-state index contributed by atoms with van der Waals surface area (Å²) in [6.07, 6.45) is 3.33. The van der Waals surface area contributed by atoms with Gasteiger partial charge in [0.2, 0.25) is 5.88 Å². The minimum Gasteiger partial charge on any atom is -0.480 e. The van der Waals surface area contributed by atoms with Crippen LogP contribution in [-0.2, 0) is 0 Å². The zero-order chi connectivity index (χ0) is 24.0. The first-order valence-electron chi connectivity index (χ1n) is 11.1. The Bertz CT molecular complexity index is 1390. The quantitative estimate of drug-likeness (QED) is 0.480. The number of piperazine rings is 1. The number of aryl methyl sites for hydroxylation is 1. The second-order valence-electron chi connectivity index (χ2n) is 8.80. The predicted octanol–water partition coefficient (Wildman–Crippen LogP) is 3.17. The van der Waals surface area contributed by atoms with Gasteiger partial charge in [-0.2, -0.15) is 0 Å². The molecular weight excluding hydrogens is 437 g/mol. The minimum atomic E-state index is -0.516. The van der Waals surface area contributed by atoms with Crippen molar-refractivity contribution in [2.45, 2.75) is 32.9 Å². The lowest BCUT2D eigenvalue weighted by atomic mass is 10.0. The molecule has 3 aromatic heterocycles. The van der Waals surface area contributed by atoms with Crippen molar-refractivity contribution in [3.8, 4) is 5.88 Å². The minimum absolute atomic E-state index is 0.211. The average Bonchev–Trinajstić information content (AvgIpc) is 3.18. The molecule has 5 rings (SSSR count). The van der Waals surface area contributed by atoms with Gasteiger partial charge in [-0.1, -0.05) is 0 Å². The van der Waals surface area contributed by atoms with Crippen molar-refractivity contribution >= 4 is 33.8 Å². The number of halogens is 1. The van der Waals surface area contributed by atoms with Crippen molar-refractivity contribution in [1.82, 2.24) is 24.9 Å². The molecule has 1 fully saturated rings. The fourth-order valence-electron chi connectivity index (χ4n) is 4.63. The van der Waals surface area contributed by atoms with Gasteiger partial charge in [0.15, 0.2) is 11.5 Å². The van der Waals surface area contributed by atoms with Crippen LogP contribution in [0.25, 0.3) is 16.6 Å². The Hall–Kier alpha value is -3.79. The number of benzene rings is 1. The van der Waals surface area contributed by atoms with E-state index >= 15 is 0 Å². The van der Waals surface area contributed by atoms with Crippen molar-refractivity contribution in [2.24, 2.45) is 0 Å².